The minimum atomic E-state index is -3.27. The second kappa shape index (κ2) is 8.14. The van der Waals surface area contributed by atoms with Crippen LogP contribution in [0.3, 0.4) is 0 Å². The van der Waals surface area contributed by atoms with Gasteiger partial charge in [0, 0.05) is 24.1 Å². The molecule has 0 saturated heterocycles. The molecule has 7 heteroatoms. The molecule has 0 aromatic heterocycles. The van der Waals surface area contributed by atoms with Gasteiger partial charge in [-0.05, 0) is 42.2 Å². The Kier molecular flexibility index (Phi) is 5.84. The molecule has 1 N–H and O–H groups in total. The van der Waals surface area contributed by atoms with Crippen LogP contribution in [-0.2, 0) is 27.6 Å². The minimum absolute atomic E-state index is 0.0534. The smallest absolute Gasteiger partial charge is 0.255 e. The van der Waals surface area contributed by atoms with Crippen molar-refractivity contribution < 1.29 is 18.0 Å². The van der Waals surface area contributed by atoms with Crippen molar-refractivity contribution in [2.75, 3.05) is 17.3 Å². The molecule has 28 heavy (non-hydrogen) atoms. The minimum Gasteiger partial charge on any atom is -0.324 e. The summed E-state index contributed by atoms with van der Waals surface area (Å²) in [4.78, 5) is 27.3. The van der Waals surface area contributed by atoms with Crippen molar-refractivity contribution in [3.63, 3.8) is 0 Å². The summed E-state index contributed by atoms with van der Waals surface area (Å²) in [5.74, 6) is -0.787. The molecule has 0 aliphatic carbocycles. The summed E-state index contributed by atoms with van der Waals surface area (Å²) in [6.45, 7) is 2.32. The number of carbonyl (C=O) groups is 2. The van der Waals surface area contributed by atoms with Gasteiger partial charge in [-0.15, -0.1) is 0 Å². The molecule has 2 aromatic carbocycles. The van der Waals surface area contributed by atoms with Gasteiger partial charge in [-0.2, -0.15) is 0 Å². The summed E-state index contributed by atoms with van der Waals surface area (Å²) in [5, 5.41) is 2.85. The van der Waals surface area contributed by atoms with Crippen LogP contribution in [0.15, 0.2) is 48.5 Å². The van der Waals surface area contributed by atoms with Crippen LogP contribution in [0, 0.1) is 0 Å². The van der Waals surface area contributed by atoms with Crippen molar-refractivity contribution >= 4 is 27.3 Å². The highest BCUT2D eigenvalue weighted by atomic mass is 32.2. The number of anilines is 1. The molecular formula is C21H24N2O4S. The lowest BCUT2D eigenvalue weighted by atomic mass is 10.1. The molecule has 6 nitrogen and oxygen atoms in total. The summed E-state index contributed by atoms with van der Waals surface area (Å²) in [5.41, 5.74) is 3.12. The molecule has 1 heterocycles. The molecule has 2 amide bonds. The Morgan fingerprint density at radius 3 is 2.61 bits per heavy atom. The van der Waals surface area contributed by atoms with Crippen LogP contribution in [-0.4, -0.2) is 43.2 Å². The van der Waals surface area contributed by atoms with Gasteiger partial charge in [0.15, 0.2) is 0 Å². The number of amides is 2. The fourth-order valence-corrected chi connectivity index (χ4v) is 4.03. The van der Waals surface area contributed by atoms with Crippen LogP contribution in [0.25, 0.3) is 0 Å². The first-order valence-electron chi connectivity index (χ1n) is 9.25. The summed E-state index contributed by atoms with van der Waals surface area (Å²) in [7, 11) is -3.27. The second-order valence-corrected chi connectivity index (χ2v) is 9.33. The number of nitrogens with zero attached hydrogens (tertiary/aromatic N) is 1. The first kappa shape index (κ1) is 20.1. The number of hydrogen-bond acceptors (Lipinski definition) is 4. The fourth-order valence-electron chi connectivity index (χ4n) is 3.38. The maximum atomic E-state index is 13.0. The molecular weight excluding hydrogens is 376 g/mol. The van der Waals surface area contributed by atoms with E-state index >= 15 is 0 Å². The average Bonchev–Trinajstić information content (AvgIpc) is 2.98. The second-order valence-electron chi connectivity index (χ2n) is 7.07. The molecule has 0 spiro atoms. The molecule has 0 radical (unpaired) electrons. The predicted octanol–water partition coefficient (Wildman–Crippen LogP) is 2.65. The van der Waals surface area contributed by atoms with Gasteiger partial charge in [-0.3, -0.25) is 9.59 Å². The van der Waals surface area contributed by atoms with E-state index in [9.17, 15) is 18.0 Å². The number of aryl methyl sites for hydroxylation is 1. The van der Waals surface area contributed by atoms with E-state index in [0.717, 1.165) is 23.8 Å². The van der Waals surface area contributed by atoms with Gasteiger partial charge < -0.3 is 10.2 Å². The Morgan fingerprint density at radius 2 is 1.93 bits per heavy atom. The monoisotopic (exact) mass is 400 g/mol. The topological polar surface area (TPSA) is 83.6 Å². The molecule has 3 rings (SSSR count). The summed E-state index contributed by atoms with van der Waals surface area (Å²) in [6.07, 6.45) is 2.02. The first-order valence-corrected chi connectivity index (χ1v) is 11.3. The largest absolute Gasteiger partial charge is 0.324 e. The normalized spacial score (nSPS) is 14.6. The number of nitrogens with one attached hydrogen (secondary N) is 1. The summed E-state index contributed by atoms with van der Waals surface area (Å²) >= 11 is 0. The highest BCUT2D eigenvalue weighted by molar-refractivity contribution is 7.90. The number of sulfone groups is 1. The molecule has 0 fully saturated rings. The Balaban J connectivity index is 1.84. The molecule has 1 aliphatic rings. The van der Waals surface area contributed by atoms with Gasteiger partial charge in [0.05, 0.1) is 5.75 Å². The predicted molar refractivity (Wildman–Crippen MR) is 109 cm³/mol. The van der Waals surface area contributed by atoms with Gasteiger partial charge in [-0.1, -0.05) is 37.3 Å². The van der Waals surface area contributed by atoms with Crippen LogP contribution >= 0.6 is 0 Å². The zero-order valence-corrected chi connectivity index (χ0v) is 16.8. The van der Waals surface area contributed by atoms with Crippen LogP contribution in [0.1, 0.15) is 34.8 Å². The SMILES string of the molecule is CCc1cccc(NC(=O)[C@H](CCS(C)(=O)=O)N2Cc3ccccc3C2=O)c1. The summed E-state index contributed by atoms with van der Waals surface area (Å²) in [6, 6.07) is 13.8. The van der Waals surface area contributed by atoms with Gasteiger partial charge in [0.1, 0.15) is 15.9 Å². The van der Waals surface area contributed by atoms with Crippen LogP contribution in [0.2, 0.25) is 0 Å². The Labute approximate surface area is 165 Å². The van der Waals surface area contributed by atoms with Gasteiger partial charge in [-0.25, -0.2) is 8.42 Å². The number of benzene rings is 2. The first-order chi connectivity index (χ1) is 13.3. The zero-order valence-electron chi connectivity index (χ0n) is 16.0. The van der Waals surface area contributed by atoms with Gasteiger partial charge >= 0.3 is 0 Å². The quantitative estimate of drug-likeness (QED) is 0.774. The van der Waals surface area contributed by atoms with Gasteiger partial charge in [0.2, 0.25) is 5.91 Å². The Hall–Kier alpha value is -2.67. The molecule has 2 aromatic rings. The van der Waals surface area contributed by atoms with E-state index in [1.54, 1.807) is 18.2 Å². The molecule has 148 valence electrons. The van der Waals surface area contributed by atoms with E-state index in [2.05, 4.69) is 5.32 Å². The van der Waals surface area contributed by atoms with Crippen molar-refractivity contribution in [2.24, 2.45) is 0 Å². The Bertz CT molecular complexity index is 1000. The van der Waals surface area contributed by atoms with E-state index in [4.69, 9.17) is 0 Å². The lowest BCUT2D eigenvalue weighted by molar-refractivity contribution is -0.120. The van der Waals surface area contributed by atoms with E-state index in [1.165, 1.54) is 4.90 Å². The third kappa shape index (κ3) is 4.59. The maximum absolute atomic E-state index is 13.0. The fraction of sp³-hybridized carbons (Fsp3) is 0.333. The van der Waals surface area contributed by atoms with E-state index in [-0.39, 0.29) is 24.0 Å². The molecule has 1 aliphatic heterocycles. The third-order valence-corrected chi connectivity index (χ3v) is 5.87. The van der Waals surface area contributed by atoms with Crippen LogP contribution < -0.4 is 5.32 Å². The average molecular weight is 401 g/mol. The van der Waals surface area contributed by atoms with Crippen molar-refractivity contribution in [1.29, 1.82) is 0 Å². The third-order valence-electron chi connectivity index (χ3n) is 4.89. The lowest BCUT2D eigenvalue weighted by Crippen LogP contribution is -2.45. The number of fused-ring (bicyclic) bond motifs is 1. The zero-order chi connectivity index (χ0) is 20.3. The van der Waals surface area contributed by atoms with Crippen LogP contribution in [0.5, 0.6) is 0 Å². The number of hydrogen-bond donors (Lipinski definition) is 1. The maximum Gasteiger partial charge on any atom is 0.255 e. The highest BCUT2D eigenvalue weighted by Gasteiger charge is 2.36. The Morgan fingerprint density at radius 1 is 1.18 bits per heavy atom. The standard InChI is InChI=1S/C21H24N2O4S/c1-3-15-7-6-9-17(13-15)22-20(24)19(11-12-28(2,26)27)23-14-16-8-4-5-10-18(16)21(23)25/h4-10,13,19H,3,11-12,14H2,1-2H3,(H,22,24)/t19-/m0/s1. The van der Waals surface area contributed by atoms with E-state index in [0.29, 0.717) is 17.8 Å². The van der Waals surface area contributed by atoms with Crippen molar-refractivity contribution in [3.05, 3.63) is 65.2 Å². The van der Waals surface area contributed by atoms with Gasteiger partial charge in [0.25, 0.3) is 5.91 Å². The van der Waals surface area contributed by atoms with Crippen molar-refractivity contribution in [2.45, 2.75) is 32.4 Å². The molecule has 0 unspecified atom stereocenters. The summed E-state index contributed by atoms with van der Waals surface area (Å²) < 4.78 is 23.4. The highest BCUT2D eigenvalue weighted by Crippen LogP contribution is 2.26. The van der Waals surface area contributed by atoms with E-state index in [1.807, 2.05) is 37.3 Å². The van der Waals surface area contributed by atoms with Crippen LogP contribution in [0.4, 0.5) is 5.69 Å². The number of carbonyl (C=O) groups excluding carboxylic acids is 2. The van der Waals surface area contributed by atoms with E-state index < -0.39 is 15.9 Å². The van der Waals surface area contributed by atoms with Crippen molar-refractivity contribution in [1.82, 2.24) is 4.90 Å². The number of rotatable bonds is 7. The molecule has 0 bridgehead atoms. The lowest BCUT2D eigenvalue weighted by Gasteiger charge is -2.27. The van der Waals surface area contributed by atoms with Crippen molar-refractivity contribution in [3.8, 4) is 0 Å². The molecule has 0 saturated carbocycles. The molecule has 1 atom stereocenters.